The van der Waals surface area contributed by atoms with E-state index in [0.717, 1.165) is 12.8 Å². The predicted molar refractivity (Wildman–Crippen MR) is 84.7 cm³/mol. The Balaban J connectivity index is 2.33. The van der Waals surface area contributed by atoms with Crippen molar-refractivity contribution in [2.45, 2.75) is 76.9 Å². The summed E-state index contributed by atoms with van der Waals surface area (Å²) in [5.74, 6) is -1.02. The third-order valence-electron chi connectivity index (χ3n) is 4.42. The van der Waals surface area contributed by atoms with Gasteiger partial charge in [-0.2, -0.15) is 0 Å². The minimum absolute atomic E-state index is 0.0287. The number of amides is 2. The van der Waals surface area contributed by atoms with Crippen LogP contribution in [0.4, 0.5) is 4.79 Å². The van der Waals surface area contributed by atoms with Gasteiger partial charge >= 0.3 is 12.0 Å². The Morgan fingerprint density at radius 3 is 2.09 bits per heavy atom. The van der Waals surface area contributed by atoms with Crippen LogP contribution in [0.25, 0.3) is 0 Å². The summed E-state index contributed by atoms with van der Waals surface area (Å²) in [5.41, 5.74) is -0.832. The van der Waals surface area contributed by atoms with Crippen LogP contribution in [-0.4, -0.2) is 40.4 Å². The molecule has 1 saturated carbocycles. The van der Waals surface area contributed by atoms with Crippen LogP contribution in [-0.2, 0) is 4.79 Å². The molecule has 0 saturated heterocycles. The van der Waals surface area contributed by atoms with E-state index in [1.54, 1.807) is 0 Å². The zero-order valence-corrected chi connectivity index (χ0v) is 13.7. The molecule has 0 bridgehead atoms. The van der Waals surface area contributed by atoms with E-state index in [0.29, 0.717) is 38.5 Å². The molecule has 0 aromatic carbocycles. The van der Waals surface area contributed by atoms with Crippen molar-refractivity contribution in [3.63, 3.8) is 0 Å². The molecule has 128 valence electrons. The maximum Gasteiger partial charge on any atom is 0.315 e. The first-order chi connectivity index (χ1) is 10.4. The minimum atomic E-state index is -0.832. The summed E-state index contributed by atoms with van der Waals surface area (Å²) < 4.78 is 0. The molecule has 1 fully saturated rings. The van der Waals surface area contributed by atoms with Crippen molar-refractivity contribution in [2.75, 3.05) is 6.54 Å². The van der Waals surface area contributed by atoms with E-state index in [-0.39, 0.29) is 24.5 Å². The van der Waals surface area contributed by atoms with Crippen LogP contribution in [0, 0.1) is 5.92 Å². The number of carbonyl (C=O) groups excluding carboxylic acids is 1. The van der Waals surface area contributed by atoms with Crippen LogP contribution in [0.5, 0.6) is 0 Å². The summed E-state index contributed by atoms with van der Waals surface area (Å²) >= 11 is 0. The Kier molecular flexibility index (Phi) is 7.65. The van der Waals surface area contributed by atoms with E-state index >= 15 is 0 Å². The molecule has 6 nitrogen and oxygen atoms in total. The Hall–Kier alpha value is -1.30. The molecule has 0 atom stereocenters. The fraction of sp³-hybridized carbons (Fsp3) is 0.875. The standard InChI is InChI=1S/C16H30N2O4/c1-3-9-16(22,10-4-2)11-17-15(21)18-13-7-5-12(6-8-13)14(19)20/h12-13,22H,3-11H2,1-2H3,(H,19,20)(H2,17,18,21). The second-order valence-electron chi connectivity index (χ2n) is 6.44. The van der Waals surface area contributed by atoms with Crippen molar-refractivity contribution in [2.24, 2.45) is 5.92 Å². The number of rotatable bonds is 8. The van der Waals surface area contributed by atoms with Gasteiger partial charge in [0.15, 0.2) is 0 Å². The van der Waals surface area contributed by atoms with Gasteiger partial charge in [-0.05, 0) is 38.5 Å². The lowest BCUT2D eigenvalue weighted by atomic mass is 9.86. The summed E-state index contributed by atoms with van der Waals surface area (Å²) in [5, 5.41) is 25.0. The third kappa shape index (κ3) is 6.22. The van der Waals surface area contributed by atoms with Gasteiger partial charge in [0.2, 0.25) is 0 Å². The van der Waals surface area contributed by atoms with Gasteiger partial charge in [-0.15, -0.1) is 0 Å². The van der Waals surface area contributed by atoms with Gasteiger partial charge in [-0.3, -0.25) is 4.79 Å². The number of carbonyl (C=O) groups is 2. The summed E-state index contributed by atoms with van der Waals surface area (Å²) in [6.07, 6.45) is 5.69. The zero-order valence-electron chi connectivity index (χ0n) is 13.7. The first kappa shape index (κ1) is 18.7. The minimum Gasteiger partial charge on any atom is -0.481 e. The molecular formula is C16H30N2O4. The molecule has 0 aromatic rings. The summed E-state index contributed by atoms with van der Waals surface area (Å²) in [7, 11) is 0. The molecule has 4 N–H and O–H groups in total. The van der Waals surface area contributed by atoms with Gasteiger partial charge in [0.25, 0.3) is 0 Å². The average Bonchev–Trinajstić information content (AvgIpc) is 2.46. The molecule has 22 heavy (non-hydrogen) atoms. The number of hydrogen-bond acceptors (Lipinski definition) is 3. The lowest BCUT2D eigenvalue weighted by Crippen LogP contribution is -2.49. The lowest BCUT2D eigenvalue weighted by molar-refractivity contribution is -0.142. The second kappa shape index (κ2) is 8.98. The summed E-state index contributed by atoms with van der Waals surface area (Å²) in [4.78, 5) is 22.8. The molecule has 1 rings (SSSR count). The number of hydrogen-bond donors (Lipinski definition) is 4. The highest BCUT2D eigenvalue weighted by Crippen LogP contribution is 2.24. The lowest BCUT2D eigenvalue weighted by Gasteiger charge is -2.30. The van der Waals surface area contributed by atoms with Crippen LogP contribution in [0.2, 0.25) is 0 Å². The first-order valence-corrected chi connectivity index (χ1v) is 8.39. The number of aliphatic hydroxyl groups is 1. The molecular weight excluding hydrogens is 284 g/mol. The van der Waals surface area contributed by atoms with Crippen molar-refractivity contribution in [1.82, 2.24) is 10.6 Å². The van der Waals surface area contributed by atoms with Crippen LogP contribution >= 0.6 is 0 Å². The highest BCUT2D eigenvalue weighted by Gasteiger charge is 2.28. The highest BCUT2D eigenvalue weighted by molar-refractivity contribution is 5.74. The van der Waals surface area contributed by atoms with Crippen molar-refractivity contribution >= 4 is 12.0 Å². The Bertz CT molecular complexity index is 359. The van der Waals surface area contributed by atoms with E-state index in [2.05, 4.69) is 10.6 Å². The highest BCUT2D eigenvalue weighted by atomic mass is 16.4. The monoisotopic (exact) mass is 314 g/mol. The number of aliphatic carboxylic acids is 1. The average molecular weight is 314 g/mol. The fourth-order valence-electron chi connectivity index (χ4n) is 3.20. The van der Waals surface area contributed by atoms with Crippen molar-refractivity contribution in [3.05, 3.63) is 0 Å². The quantitative estimate of drug-likeness (QED) is 0.552. The van der Waals surface area contributed by atoms with E-state index in [1.165, 1.54) is 0 Å². The molecule has 0 unspecified atom stereocenters. The maximum absolute atomic E-state index is 11.9. The SMILES string of the molecule is CCCC(O)(CCC)CNC(=O)NC1CCC(C(=O)O)CC1. The number of carboxylic acids is 1. The van der Waals surface area contributed by atoms with Crippen LogP contribution in [0.3, 0.4) is 0 Å². The molecule has 0 spiro atoms. The number of nitrogens with one attached hydrogen (secondary N) is 2. The van der Waals surface area contributed by atoms with Gasteiger partial charge in [0, 0.05) is 12.6 Å². The fourth-order valence-corrected chi connectivity index (χ4v) is 3.20. The molecule has 2 amide bonds. The zero-order chi connectivity index (χ0) is 16.6. The molecule has 0 aromatic heterocycles. The molecule has 6 heteroatoms. The van der Waals surface area contributed by atoms with E-state index in [4.69, 9.17) is 5.11 Å². The van der Waals surface area contributed by atoms with Crippen molar-refractivity contribution in [1.29, 1.82) is 0 Å². The summed E-state index contributed by atoms with van der Waals surface area (Å²) in [6.45, 7) is 4.29. The molecule has 1 aliphatic rings. The Morgan fingerprint density at radius 1 is 1.09 bits per heavy atom. The number of urea groups is 1. The Labute approximate surface area is 132 Å². The number of carboxylic acid groups (broad SMARTS) is 1. The van der Waals surface area contributed by atoms with Crippen molar-refractivity contribution in [3.8, 4) is 0 Å². The van der Waals surface area contributed by atoms with Gasteiger partial charge in [0.05, 0.1) is 11.5 Å². The van der Waals surface area contributed by atoms with Crippen LogP contribution in [0.15, 0.2) is 0 Å². The maximum atomic E-state index is 11.9. The molecule has 0 radical (unpaired) electrons. The van der Waals surface area contributed by atoms with Crippen molar-refractivity contribution < 1.29 is 19.8 Å². The van der Waals surface area contributed by atoms with E-state index < -0.39 is 11.6 Å². The first-order valence-electron chi connectivity index (χ1n) is 8.39. The molecule has 0 aliphatic heterocycles. The van der Waals surface area contributed by atoms with Gasteiger partial charge in [-0.1, -0.05) is 26.7 Å². The third-order valence-corrected chi connectivity index (χ3v) is 4.42. The smallest absolute Gasteiger partial charge is 0.315 e. The van der Waals surface area contributed by atoms with E-state index in [1.807, 2.05) is 13.8 Å². The largest absolute Gasteiger partial charge is 0.481 e. The Morgan fingerprint density at radius 2 is 1.64 bits per heavy atom. The predicted octanol–water partition coefficient (Wildman–Crippen LogP) is 2.26. The second-order valence-corrected chi connectivity index (χ2v) is 6.44. The summed E-state index contributed by atoms with van der Waals surface area (Å²) in [6, 6.07) is -0.245. The normalized spacial score (nSPS) is 22.1. The van der Waals surface area contributed by atoms with Gasteiger partial charge < -0.3 is 20.8 Å². The van der Waals surface area contributed by atoms with Gasteiger partial charge in [-0.25, -0.2) is 4.79 Å². The molecule has 0 heterocycles. The van der Waals surface area contributed by atoms with Gasteiger partial charge in [0.1, 0.15) is 0 Å². The van der Waals surface area contributed by atoms with E-state index in [9.17, 15) is 14.7 Å². The van der Waals surface area contributed by atoms with Crippen LogP contribution < -0.4 is 10.6 Å². The molecule has 1 aliphatic carbocycles. The topological polar surface area (TPSA) is 98.7 Å². The van der Waals surface area contributed by atoms with Crippen LogP contribution in [0.1, 0.15) is 65.2 Å².